The Labute approximate surface area is 162 Å². The molecule has 1 N–H and O–H groups in total. The first-order valence-electron chi connectivity index (χ1n) is 9.05. The Morgan fingerprint density at radius 2 is 1.78 bits per heavy atom. The molecule has 27 heavy (non-hydrogen) atoms. The average Bonchev–Trinajstić information content (AvgIpc) is 2.82. The molecular formula is C19H22ClN3O4. The van der Waals surface area contributed by atoms with E-state index in [1.807, 2.05) is 13.0 Å². The molecule has 0 bridgehead atoms. The summed E-state index contributed by atoms with van der Waals surface area (Å²) in [4.78, 5) is 51.2. The van der Waals surface area contributed by atoms with E-state index < -0.39 is 30.3 Å². The molecule has 5 amide bonds. The molecule has 1 heterocycles. The fourth-order valence-electron chi connectivity index (χ4n) is 3.72. The highest BCUT2D eigenvalue weighted by molar-refractivity contribution is 6.45. The first-order valence-corrected chi connectivity index (χ1v) is 9.43. The maximum absolute atomic E-state index is 12.6. The topological polar surface area (TPSA) is 86.8 Å². The number of hydrogen-bond donors (Lipinski definition) is 1. The number of carbonyl (C=O) groups is 4. The molecule has 3 rings (SSSR count). The van der Waals surface area contributed by atoms with Crippen molar-refractivity contribution in [1.82, 2.24) is 9.80 Å². The molecule has 0 unspecified atom stereocenters. The lowest BCUT2D eigenvalue weighted by Gasteiger charge is -2.28. The molecule has 0 spiro atoms. The van der Waals surface area contributed by atoms with Crippen LogP contribution in [0.3, 0.4) is 0 Å². The second-order valence-electron chi connectivity index (χ2n) is 7.13. The highest BCUT2D eigenvalue weighted by atomic mass is 35.5. The molecule has 1 aromatic carbocycles. The van der Waals surface area contributed by atoms with Gasteiger partial charge in [0.2, 0.25) is 5.91 Å². The van der Waals surface area contributed by atoms with Gasteiger partial charge in [-0.15, -0.1) is 0 Å². The summed E-state index contributed by atoms with van der Waals surface area (Å²) in [5.74, 6) is -2.37. The number of imide groups is 2. The van der Waals surface area contributed by atoms with Crippen LogP contribution in [0.4, 0.5) is 10.5 Å². The van der Waals surface area contributed by atoms with Crippen molar-refractivity contribution in [3.8, 4) is 0 Å². The number of benzene rings is 1. The maximum Gasteiger partial charge on any atom is 0.334 e. The summed E-state index contributed by atoms with van der Waals surface area (Å²) in [6, 6.07) is 2.61. The number of urea groups is 1. The first-order chi connectivity index (χ1) is 12.8. The van der Waals surface area contributed by atoms with Gasteiger partial charge in [-0.05, 0) is 43.9 Å². The highest BCUT2D eigenvalue weighted by Crippen LogP contribution is 2.28. The van der Waals surface area contributed by atoms with E-state index in [-0.39, 0.29) is 6.04 Å². The van der Waals surface area contributed by atoms with Crippen molar-refractivity contribution >= 4 is 41.0 Å². The molecule has 2 fully saturated rings. The molecule has 0 aromatic heterocycles. The molecule has 144 valence electrons. The molecular weight excluding hydrogens is 370 g/mol. The quantitative estimate of drug-likeness (QED) is 0.631. The third-order valence-electron chi connectivity index (χ3n) is 5.02. The van der Waals surface area contributed by atoms with E-state index in [4.69, 9.17) is 11.6 Å². The number of nitrogens with zero attached hydrogens (tertiary/aromatic N) is 2. The van der Waals surface area contributed by atoms with Gasteiger partial charge in [0.15, 0.2) is 0 Å². The molecule has 0 atom stereocenters. The monoisotopic (exact) mass is 391 g/mol. The molecule has 1 aliphatic carbocycles. The van der Waals surface area contributed by atoms with Crippen LogP contribution in [0.5, 0.6) is 0 Å². The van der Waals surface area contributed by atoms with Crippen molar-refractivity contribution in [3.05, 3.63) is 28.3 Å². The normalized spacial score (nSPS) is 18.4. The summed E-state index contributed by atoms with van der Waals surface area (Å²) < 4.78 is 0. The molecule has 1 aliphatic heterocycles. The summed E-state index contributed by atoms with van der Waals surface area (Å²) in [5, 5.41) is 3.01. The molecule has 1 saturated carbocycles. The lowest BCUT2D eigenvalue weighted by molar-refractivity contribution is -0.144. The lowest BCUT2D eigenvalue weighted by Crippen LogP contribution is -2.43. The predicted octanol–water partition coefficient (Wildman–Crippen LogP) is 3.02. The van der Waals surface area contributed by atoms with Gasteiger partial charge in [-0.2, -0.15) is 0 Å². The minimum Gasteiger partial charge on any atom is -0.323 e. The molecule has 2 aliphatic rings. The van der Waals surface area contributed by atoms with Crippen LogP contribution in [0, 0.1) is 13.8 Å². The van der Waals surface area contributed by atoms with Crippen molar-refractivity contribution in [1.29, 1.82) is 0 Å². The van der Waals surface area contributed by atoms with Crippen molar-refractivity contribution in [2.75, 3.05) is 11.9 Å². The Bertz CT molecular complexity index is 794. The summed E-state index contributed by atoms with van der Waals surface area (Å²) in [5.41, 5.74) is 2.16. The number of anilines is 1. The summed E-state index contributed by atoms with van der Waals surface area (Å²) in [7, 11) is 0. The van der Waals surface area contributed by atoms with Crippen LogP contribution in [0.15, 0.2) is 12.1 Å². The van der Waals surface area contributed by atoms with E-state index in [1.54, 1.807) is 13.0 Å². The standard InChI is InChI=1S/C19H22ClN3O4/c1-11-8-12(2)16(14(20)9-11)21-15(24)10-22-17(25)18(26)23(19(22)27)13-6-4-3-5-7-13/h8-9,13H,3-7,10H2,1-2H3,(H,21,24). The van der Waals surface area contributed by atoms with Crippen LogP contribution in [-0.4, -0.2) is 46.1 Å². The van der Waals surface area contributed by atoms with Gasteiger partial charge in [0.1, 0.15) is 6.54 Å². The van der Waals surface area contributed by atoms with Crippen LogP contribution in [0.1, 0.15) is 43.2 Å². The van der Waals surface area contributed by atoms with Gasteiger partial charge >= 0.3 is 17.8 Å². The Balaban J connectivity index is 1.71. The first kappa shape index (κ1) is 19.4. The van der Waals surface area contributed by atoms with Gasteiger partial charge in [-0.25, -0.2) is 9.69 Å². The summed E-state index contributed by atoms with van der Waals surface area (Å²) in [6.07, 6.45) is 4.29. The van der Waals surface area contributed by atoms with Crippen LogP contribution in [-0.2, 0) is 14.4 Å². The molecule has 0 radical (unpaired) electrons. The zero-order chi connectivity index (χ0) is 19.7. The van der Waals surface area contributed by atoms with E-state index in [0.717, 1.165) is 35.3 Å². The SMILES string of the molecule is Cc1cc(C)c(NC(=O)CN2C(=O)C(=O)N(C3CCCCC3)C2=O)c(Cl)c1. The van der Waals surface area contributed by atoms with Gasteiger partial charge in [-0.3, -0.25) is 19.3 Å². The highest BCUT2D eigenvalue weighted by Gasteiger charge is 2.48. The third kappa shape index (κ3) is 3.83. The minimum absolute atomic E-state index is 0.260. The van der Waals surface area contributed by atoms with Gasteiger partial charge in [0, 0.05) is 6.04 Å². The van der Waals surface area contributed by atoms with Crippen molar-refractivity contribution in [3.63, 3.8) is 0 Å². The van der Waals surface area contributed by atoms with Crippen LogP contribution >= 0.6 is 11.6 Å². The zero-order valence-corrected chi connectivity index (χ0v) is 16.1. The Morgan fingerprint density at radius 1 is 1.11 bits per heavy atom. The fourth-order valence-corrected chi connectivity index (χ4v) is 4.09. The van der Waals surface area contributed by atoms with Gasteiger partial charge < -0.3 is 5.32 Å². The lowest BCUT2D eigenvalue weighted by atomic mass is 9.94. The number of aryl methyl sites for hydroxylation is 2. The second kappa shape index (κ2) is 7.68. The van der Waals surface area contributed by atoms with Gasteiger partial charge in [0.05, 0.1) is 10.7 Å². The van der Waals surface area contributed by atoms with Crippen LogP contribution in [0.25, 0.3) is 0 Å². The Morgan fingerprint density at radius 3 is 2.41 bits per heavy atom. The predicted molar refractivity (Wildman–Crippen MR) is 100 cm³/mol. The Kier molecular flexibility index (Phi) is 5.51. The maximum atomic E-state index is 12.6. The van der Waals surface area contributed by atoms with Gasteiger partial charge in [-0.1, -0.05) is 36.9 Å². The van der Waals surface area contributed by atoms with E-state index in [1.165, 1.54) is 0 Å². The average molecular weight is 392 g/mol. The summed E-state index contributed by atoms with van der Waals surface area (Å²) >= 11 is 6.18. The number of hydrogen-bond acceptors (Lipinski definition) is 4. The number of halogens is 1. The van der Waals surface area contributed by atoms with Crippen molar-refractivity contribution in [2.24, 2.45) is 0 Å². The van der Waals surface area contributed by atoms with Gasteiger partial charge in [0.25, 0.3) is 0 Å². The number of carbonyl (C=O) groups excluding carboxylic acids is 4. The largest absolute Gasteiger partial charge is 0.334 e. The van der Waals surface area contributed by atoms with E-state index in [9.17, 15) is 19.2 Å². The number of nitrogens with one attached hydrogen (secondary N) is 1. The Hall–Kier alpha value is -2.41. The summed E-state index contributed by atoms with van der Waals surface area (Å²) in [6.45, 7) is 3.17. The van der Waals surface area contributed by atoms with E-state index in [2.05, 4.69) is 5.32 Å². The second-order valence-corrected chi connectivity index (χ2v) is 7.53. The molecule has 7 nitrogen and oxygen atoms in total. The number of rotatable bonds is 4. The van der Waals surface area contributed by atoms with Crippen molar-refractivity contribution < 1.29 is 19.2 Å². The van der Waals surface area contributed by atoms with Crippen LogP contribution in [0.2, 0.25) is 5.02 Å². The zero-order valence-electron chi connectivity index (χ0n) is 15.4. The molecule has 1 aromatic rings. The third-order valence-corrected chi connectivity index (χ3v) is 5.32. The number of amides is 5. The van der Waals surface area contributed by atoms with E-state index in [0.29, 0.717) is 28.5 Å². The van der Waals surface area contributed by atoms with Crippen LogP contribution < -0.4 is 5.32 Å². The smallest absolute Gasteiger partial charge is 0.323 e. The molecule has 8 heteroatoms. The van der Waals surface area contributed by atoms with Crippen molar-refractivity contribution in [2.45, 2.75) is 52.0 Å². The molecule has 1 saturated heterocycles. The fraction of sp³-hybridized carbons (Fsp3) is 0.474. The minimum atomic E-state index is -0.951. The van der Waals surface area contributed by atoms with E-state index >= 15 is 0 Å².